The molecular weight excluding hydrogens is 390 g/mol. The summed E-state index contributed by atoms with van der Waals surface area (Å²) in [6.45, 7) is 1.61. The van der Waals surface area contributed by atoms with E-state index in [1.165, 1.54) is 18.2 Å². The number of alkyl halides is 3. The van der Waals surface area contributed by atoms with E-state index in [0.29, 0.717) is 11.1 Å². The molecule has 0 aliphatic carbocycles. The van der Waals surface area contributed by atoms with Crippen molar-refractivity contribution in [1.29, 1.82) is 0 Å². The molecule has 0 saturated carbocycles. The van der Waals surface area contributed by atoms with Gasteiger partial charge in [0.1, 0.15) is 0 Å². The first-order chi connectivity index (χ1) is 12.2. The molecule has 26 heavy (non-hydrogen) atoms. The second-order valence-corrected chi connectivity index (χ2v) is 6.83. The molecule has 0 radical (unpaired) electrons. The molecule has 0 bridgehead atoms. The Balaban J connectivity index is 2.12. The van der Waals surface area contributed by atoms with Gasteiger partial charge in [0.05, 0.1) is 12.3 Å². The lowest BCUT2D eigenvalue weighted by molar-refractivity contribution is -0.269. The highest BCUT2D eigenvalue weighted by Crippen LogP contribution is 2.48. The summed E-state index contributed by atoms with van der Waals surface area (Å²) in [5, 5.41) is 9.38. The minimum atomic E-state index is -4.75. The van der Waals surface area contributed by atoms with E-state index in [2.05, 4.69) is 5.48 Å². The van der Waals surface area contributed by atoms with Crippen molar-refractivity contribution < 1.29 is 23.1 Å². The number of rotatable bonds is 3. The van der Waals surface area contributed by atoms with Gasteiger partial charge in [-0.1, -0.05) is 35.3 Å². The summed E-state index contributed by atoms with van der Waals surface area (Å²) in [6, 6.07) is 8.62. The minimum absolute atomic E-state index is 0.0738. The molecule has 0 amide bonds. The number of hydrogen-bond donors (Lipinski definition) is 2. The third-order valence-electron chi connectivity index (χ3n) is 4.21. The topological polar surface area (TPSA) is 41.5 Å². The first-order valence-electron chi connectivity index (χ1n) is 7.57. The van der Waals surface area contributed by atoms with Crippen LogP contribution in [0.4, 0.5) is 13.2 Å². The highest BCUT2D eigenvalue weighted by atomic mass is 35.5. The average molecular weight is 404 g/mol. The molecule has 1 atom stereocenters. The Morgan fingerprint density at radius 1 is 1.12 bits per heavy atom. The third kappa shape index (κ3) is 3.30. The van der Waals surface area contributed by atoms with E-state index in [0.717, 1.165) is 11.6 Å². The highest BCUT2D eigenvalue weighted by Gasteiger charge is 2.59. The van der Waals surface area contributed by atoms with Crippen LogP contribution < -0.4 is 5.48 Å². The van der Waals surface area contributed by atoms with Gasteiger partial charge >= 0.3 is 6.18 Å². The van der Waals surface area contributed by atoms with E-state index in [1.54, 1.807) is 25.1 Å². The van der Waals surface area contributed by atoms with Crippen LogP contribution in [-0.4, -0.2) is 11.3 Å². The van der Waals surface area contributed by atoms with Crippen LogP contribution in [0, 0.1) is 6.92 Å². The quantitative estimate of drug-likeness (QED) is 0.746. The summed E-state index contributed by atoms with van der Waals surface area (Å²) >= 11 is 11.8. The van der Waals surface area contributed by atoms with Crippen LogP contribution in [0.15, 0.2) is 42.5 Å². The van der Waals surface area contributed by atoms with Gasteiger partial charge in [0, 0.05) is 15.6 Å². The van der Waals surface area contributed by atoms with E-state index >= 15 is 0 Å². The lowest BCUT2D eigenvalue weighted by Crippen LogP contribution is -2.42. The van der Waals surface area contributed by atoms with Gasteiger partial charge in [0.25, 0.3) is 0 Å². The maximum Gasteiger partial charge on any atom is 0.428 e. The molecular formula is C18H14Cl2F3NO2. The van der Waals surface area contributed by atoms with Crippen molar-refractivity contribution in [3.8, 4) is 0 Å². The summed E-state index contributed by atoms with van der Waals surface area (Å²) in [5.74, 6) is 0. The second kappa shape index (κ2) is 6.78. The molecule has 1 aliphatic rings. The predicted molar refractivity (Wildman–Crippen MR) is 93.5 cm³/mol. The van der Waals surface area contributed by atoms with E-state index in [9.17, 15) is 18.3 Å². The predicted octanol–water partition coefficient (Wildman–Crippen LogP) is 5.13. The van der Waals surface area contributed by atoms with Gasteiger partial charge < -0.3 is 5.11 Å². The SMILES string of the molecule is Cc1cc(C2=CC(c3cc(Cl)cc(Cl)c3)(C(F)(F)F)ON2)ccc1CO. The van der Waals surface area contributed by atoms with Crippen molar-refractivity contribution in [1.82, 2.24) is 5.48 Å². The average Bonchev–Trinajstić information content (AvgIpc) is 3.00. The van der Waals surface area contributed by atoms with Crippen LogP contribution in [0.3, 0.4) is 0 Å². The van der Waals surface area contributed by atoms with Crippen molar-refractivity contribution >= 4 is 28.9 Å². The summed E-state index contributed by atoms with van der Waals surface area (Å²) in [4.78, 5) is 5.03. The molecule has 0 fully saturated rings. The Morgan fingerprint density at radius 3 is 2.31 bits per heavy atom. The Bertz CT molecular complexity index is 863. The van der Waals surface area contributed by atoms with Crippen LogP contribution in [0.25, 0.3) is 5.70 Å². The van der Waals surface area contributed by atoms with Crippen molar-refractivity contribution in [2.75, 3.05) is 0 Å². The molecule has 2 aromatic rings. The summed E-state index contributed by atoms with van der Waals surface area (Å²) in [6.07, 6.45) is -3.79. The Kier molecular flexibility index (Phi) is 4.96. The maximum absolute atomic E-state index is 13.9. The summed E-state index contributed by atoms with van der Waals surface area (Å²) in [5.41, 5.74) is 1.52. The third-order valence-corrected chi connectivity index (χ3v) is 4.64. The zero-order valence-corrected chi connectivity index (χ0v) is 15.0. The van der Waals surface area contributed by atoms with Gasteiger partial charge in [-0.25, -0.2) is 0 Å². The van der Waals surface area contributed by atoms with Gasteiger partial charge in [-0.2, -0.15) is 13.2 Å². The van der Waals surface area contributed by atoms with E-state index in [1.807, 2.05) is 0 Å². The standard InChI is InChI=1S/C18H14Cl2F3NO2/c1-10-4-11(2-3-12(10)9-25)16-8-17(26-24-16,18(21,22)23)13-5-14(19)7-15(20)6-13/h2-8,24-25H,9H2,1H3. The molecule has 8 heteroatoms. The van der Waals surface area contributed by atoms with Crippen LogP contribution >= 0.6 is 23.2 Å². The van der Waals surface area contributed by atoms with Crippen molar-refractivity contribution in [2.24, 2.45) is 0 Å². The van der Waals surface area contributed by atoms with Gasteiger partial charge in [-0.05, 0) is 54.0 Å². The van der Waals surface area contributed by atoms with Gasteiger partial charge in [0.2, 0.25) is 5.60 Å². The molecule has 3 nitrogen and oxygen atoms in total. The zero-order chi connectivity index (χ0) is 19.1. The molecule has 1 unspecified atom stereocenters. The molecule has 1 heterocycles. The first-order valence-corrected chi connectivity index (χ1v) is 8.33. The van der Waals surface area contributed by atoms with E-state index < -0.39 is 11.8 Å². The van der Waals surface area contributed by atoms with Crippen LogP contribution in [0.2, 0.25) is 10.0 Å². The lowest BCUT2D eigenvalue weighted by atomic mass is 9.91. The monoisotopic (exact) mass is 403 g/mol. The van der Waals surface area contributed by atoms with E-state index in [4.69, 9.17) is 28.0 Å². The number of hydrogen-bond acceptors (Lipinski definition) is 3. The van der Waals surface area contributed by atoms with Gasteiger partial charge in [-0.15, -0.1) is 0 Å². The molecule has 2 aromatic carbocycles. The number of nitrogens with one attached hydrogen (secondary N) is 1. The lowest BCUT2D eigenvalue weighted by Gasteiger charge is -2.28. The molecule has 2 N–H and O–H groups in total. The number of hydroxylamine groups is 1. The van der Waals surface area contributed by atoms with Crippen molar-refractivity contribution in [3.05, 3.63) is 74.8 Å². The molecule has 3 rings (SSSR count). The minimum Gasteiger partial charge on any atom is -0.392 e. The molecule has 0 spiro atoms. The number of aryl methyl sites for hydroxylation is 1. The largest absolute Gasteiger partial charge is 0.428 e. The van der Waals surface area contributed by atoms with Crippen LogP contribution in [-0.2, 0) is 17.0 Å². The molecule has 1 aliphatic heterocycles. The Labute approximate surface area is 157 Å². The fourth-order valence-electron chi connectivity index (χ4n) is 2.79. The van der Waals surface area contributed by atoms with Crippen molar-refractivity contribution in [3.63, 3.8) is 0 Å². The number of benzene rings is 2. The fourth-order valence-corrected chi connectivity index (χ4v) is 3.32. The normalized spacial score (nSPS) is 20.0. The number of halogens is 5. The van der Waals surface area contributed by atoms with Gasteiger partial charge in [-0.3, -0.25) is 10.3 Å². The molecule has 0 saturated heterocycles. The maximum atomic E-state index is 13.9. The smallest absolute Gasteiger partial charge is 0.392 e. The van der Waals surface area contributed by atoms with Crippen molar-refractivity contribution in [2.45, 2.75) is 25.3 Å². The van der Waals surface area contributed by atoms with Crippen LogP contribution in [0.5, 0.6) is 0 Å². The van der Waals surface area contributed by atoms with E-state index in [-0.39, 0.29) is 27.9 Å². The first kappa shape index (κ1) is 19.0. The number of aliphatic hydroxyl groups excluding tert-OH is 1. The zero-order valence-electron chi connectivity index (χ0n) is 13.5. The van der Waals surface area contributed by atoms with Crippen LogP contribution in [0.1, 0.15) is 22.3 Å². The molecule has 0 aromatic heterocycles. The highest BCUT2D eigenvalue weighted by molar-refractivity contribution is 6.34. The number of aliphatic hydroxyl groups is 1. The summed E-state index contributed by atoms with van der Waals surface area (Å²) in [7, 11) is 0. The second-order valence-electron chi connectivity index (χ2n) is 5.95. The fraction of sp³-hybridized carbons (Fsp3) is 0.222. The Hall–Kier alpha value is -1.73. The van der Waals surface area contributed by atoms with Gasteiger partial charge in [0.15, 0.2) is 0 Å². The molecule has 138 valence electrons. The Morgan fingerprint density at radius 2 is 1.77 bits per heavy atom. The summed E-state index contributed by atoms with van der Waals surface area (Å²) < 4.78 is 41.8.